The maximum atomic E-state index is 12.7. The van der Waals surface area contributed by atoms with Crippen LogP contribution in [0.2, 0.25) is 0 Å². The largest absolute Gasteiger partial charge is 0.385 e. The average Bonchev–Trinajstić information content (AvgIpc) is 2.74. The molecule has 3 rings (SSSR count). The first-order valence-electron chi connectivity index (χ1n) is 9.68. The Bertz CT molecular complexity index is 822. The third kappa shape index (κ3) is 5.10. The summed E-state index contributed by atoms with van der Waals surface area (Å²) in [7, 11) is 1.64. The number of amides is 2. The van der Waals surface area contributed by atoms with Crippen molar-refractivity contribution < 1.29 is 14.3 Å². The molecule has 148 valence electrons. The summed E-state index contributed by atoms with van der Waals surface area (Å²) in [6.45, 7) is 2.11. The SMILES string of the molecule is COCCCNC(=O)c1cccc(NCC(=O)N2CCCc3ccccc32)c1. The molecule has 1 aliphatic heterocycles. The summed E-state index contributed by atoms with van der Waals surface area (Å²) >= 11 is 0. The van der Waals surface area contributed by atoms with Crippen LogP contribution in [-0.2, 0) is 16.0 Å². The quantitative estimate of drug-likeness (QED) is 0.690. The third-order valence-electron chi connectivity index (χ3n) is 4.79. The van der Waals surface area contributed by atoms with Crippen LogP contribution >= 0.6 is 0 Å². The van der Waals surface area contributed by atoms with Crippen LogP contribution in [0.25, 0.3) is 0 Å². The average molecular weight is 381 g/mol. The molecule has 0 unspecified atom stereocenters. The summed E-state index contributed by atoms with van der Waals surface area (Å²) in [5.41, 5.74) is 3.54. The standard InChI is InChI=1S/C22H27N3O3/c1-28-14-6-12-23-22(27)18-8-4-10-19(15-18)24-16-21(26)25-13-5-9-17-7-2-3-11-20(17)25/h2-4,7-8,10-11,15,24H,5-6,9,12-14,16H2,1H3,(H,23,27). The summed E-state index contributed by atoms with van der Waals surface area (Å²) in [6, 6.07) is 15.3. The number of nitrogens with one attached hydrogen (secondary N) is 2. The zero-order valence-corrected chi connectivity index (χ0v) is 16.2. The van der Waals surface area contributed by atoms with E-state index in [2.05, 4.69) is 16.7 Å². The Morgan fingerprint density at radius 3 is 2.86 bits per heavy atom. The smallest absolute Gasteiger partial charge is 0.251 e. The highest BCUT2D eigenvalue weighted by Crippen LogP contribution is 2.26. The van der Waals surface area contributed by atoms with Gasteiger partial charge in [-0.2, -0.15) is 0 Å². The van der Waals surface area contributed by atoms with E-state index < -0.39 is 0 Å². The number of nitrogens with zero attached hydrogens (tertiary/aromatic N) is 1. The van der Waals surface area contributed by atoms with Crippen LogP contribution < -0.4 is 15.5 Å². The lowest BCUT2D eigenvalue weighted by atomic mass is 10.0. The van der Waals surface area contributed by atoms with Gasteiger partial charge < -0.3 is 20.3 Å². The fourth-order valence-electron chi connectivity index (χ4n) is 3.36. The van der Waals surface area contributed by atoms with Crippen LogP contribution in [0.15, 0.2) is 48.5 Å². The van der Waals surface area contributed by atoms with E-state index in [9.17, 15) is 9.59 Å². The highest BCUT2D eigenvalue weighted by Gasteiger charge is 2.21. The highest BCUT2D eigenvalue weighted by atomic mass is 16.5. The second-order valence-electron chi connectivity index (χ2n) is 6.81. The van der Waals surface area contributed by atoms with Gasteiger partial charge in [0.1, 0.15) is 0 Å². The molecule has 2 amide bonds. The molecule has 0 spiro atoms. The Morgan fingerprint density at radius 1 is 1.14 bits per heavy atom. The van der Waals surface area contributed by atoms with Crippen LogP contribution in [0.4, 0.5) is 11.4 Å². The number of rotatable bonds is 8. The van der Waals surface area contributed by atoms with Crippen LogP contribution in [0.5, 0.6) is 0 Å². The van der Waals surface area contributed by atoms with Gasteiger partial charge in [-0.3, -0.25) is 9.59 Å². The molecule has 0 bridgehead atoms. The monoisotopic (exact) mass is 381 g/mol. The van der Waals surface area contributed by atoms with Crippen molar-refractivity contribution in [2.75, 3.05) is 43.6 Å². The number of ether oxygens (including phenoxy) is 1. The van der Waals surface area contributed by atoms with Gasteiger partial charge >= 0.3 is 0 Å². The number of carbonyl (C=O) groups excluding carboxylic acids is 2. The predicted octanol–water partition coefficient (Wildman–Crippen LogP) is 2.84. The lowest BCUT2D eigenvalue weighted by Crippen LogP contribution is -2.39. The number of fused-ring (bicyclic) bond motifs is 1. The first-order valence-corrected chi connectivity index (χ1v) is 9.68. The van der Waals surface area contributed by atoms with Crippen molar-refractivity contribution in [1.82, 2.24) is 5.32 Å². The molecule has 2 aromatic carbocycles. The zero-order chi connectivity index (χ0) is 19.8. The van der Waals surface area contributed by atoms with Crippen molar-refractivity contribution >= 4 is 23.2 Å². The molecule has 2 aromatic rings. The zero-order valence-electron chi connectivity index (χ0n) is 16.2. The Balaban J connectivity index is 1.56. The van der Waals surface area contributed by atoms with Crippen LogP contribution in [-0.4, -0.2) is 45.2 Å². The number of hydrogen-bond donors (Lipinski definition) is 2. The number of benzene rings is 2. The first kappa shape index (κ1) is 19.9. The van der Waals surface area contributed by atoms with E-state index in [1.165, 1.54) is 5.56 Å². The topological polar surface area (TPSA) is 70.7 Å². The molecule has 0 saturated carbocycles. The second kappa shape index (κ2) is 9.90. The lowest BCUT2D eigenvalue weighted by Gasteiger charge is -2.29. The van der Waals surface area contributed by atoms with Gasteiger partial charge in [0.2, 0.25) is 5.91 Å². The fourth-order valence-corrected chi connectivity index (χ4v) is 3.36. The van der Waals surface area contributed by atoms with E-state index in [-0.39, 0.29) is 18.4 Å². The Kier molecular flexibility index (Phi) is 7.03. The summed E-state index contributed by atoms with van der Waals surface area (Å²) in [5, 5.41) is 6.02. The number of para-hydroxylation sites is 1. The molecule has 6 heteroatoms. The molecule has 0 fully saturated rings. The van der Waals surface area contributed by atoms with Gasteiger partial charge in [-0.15, -0.1) is 0 Å². The molecule has 6 nitrogen and oxygen atoms in total. The highest BCUT2D eigenvalue weighted by molar-refractivity contribution is 5.98. The minimum absolute atomic E-state index is 0.0292. The minimum Gasteiger partial charge on any atom is -0.385 e. The molecular formula is C22H27N3O3. The first-order chi connectivity index (χ1) is 13.7. The van der Waals surface area contributed by atoms with Gasteiger partial charge in [-0.25, -0.2) is 0 Å². The van der Waals surface area contributed by atoms with Crippen molar-refractivity contribution in [3.05, 3.63) is 59.7 Å². The maximum absolute atomic E-state index is 12.7. The second-order valence-corrected chi connectivity index (χ2v) is 6.81. The summed E-state index contributed by atoms with van der Waals surface area (Å²) in [4.78, 5) is 26.8. The molecule has 28 heavy (non-hydrogen) atoms. The van der Waals surface area contributed by atoms with Gasteiger partial charge in [0.25, 0.3) is 5.91 Å². The van der Waals surface area contributed by atoms with E-state index in [4.69, 9.17) is 4.74 Å². The maximum Gasteiger partial charge on any atom is 0.251 e. The van der Waals surface area contributed by atoms with Crippen molar-refractivity contribution in [2.45, 2.75) is 19.3 Å². The van der Waals surface area contributed by atoms with Gasteiger partial charge in [0.05, 0.1) is 6.54 Å². The third-order valence-corrected chi connectivity index (χ3v) is 4.79. The molecule has 0 atom stereocenters. The van der Waals surface area contributed by atoms with Crippen molar-refractivity contribution in [3.63, 3.8) is 0 Å². The Hall–Kier alpha value is -2.86. The van der Waals surface area contributed by atoms with Crippen molar-refractivity contribution in [2.24, 2.45) is 0 Å². The predicted molar refractivity (Wildman–Crippen MR) is 111 cm³/mol. The molecule has 0 aliphatic carbocycles. The number of anilines is 2. The summed E-state index contributed by atoms with van der Waals surface area (Å²) < 4.78 is 4.98. The van der Waals surface area contributed by atoms with E-state index in [1.54, 1.807) is 19.2 Å². The lowest BCUT2D eigenvalue weighted by molar-refractivity contribution is -0.117. The number of carbonyl (C=O) groups is 2. The number of aryl methyl sites for hydroxylation is 1. The van der Waals surface area contributed by atoms with E-state index >= 15 is 0 Å². The van der Waals surface area contributed by atoms with E-state index in [1.807, 2.05) is 35.2 Å². The number of methoxy groups -OCH3 is 1. The van der Waals surface area contributed by atoms with Gasteiger partial charge in [-0.05, 0) is 49.1 Å². The van der Waals surface area contributed by atoms with Gasteiger partial charge in [0, 0.05) is 43.7 Å². The van der Waals surface area contributed by atoms with Crippen molar-refractivity contribution in [1.29, 1.82) is 0 Å². The molecule has 1 aliphatic rings. The minimum atomic E-state index is -0.129. The molecule has 1 heterocycles. The summed E-state index contributed by atoms with van der Waals surface area (Å²) in [6.07, 6.45) is 2.75. The summed E-state index contributed by atoms with van der Waals surface area (Å²) in [5.74, 6) is -0.0994. The number of hydrogen-bond acceptors (Lipinski definition) is 4. The van der Waals surface area contributed by atoms with Gasteiger partial charge in [-0.1, -0.05) is 24.3 Å². The normalized spacial score (nSPS) is 13.0. The fraction of sp³-hybridized carbons (Fsp3) is 0.364. The molecule has 0 radical (unpaired) electrons. The van der Waals surface area contributed by atoms with Gasteiger partial charge in [0.15, 0.2) is 0 Å². The van der Waals surface area contributed by atoms with E-state index in [0.717, 1.165) is 37.2 Å². The Labute approximate surface area is 165 Å². The molecule has 0 saturated heterocycles. The van der Waals surface area contributed by atoms with Crippen molar-refractivity contribution in [3.8, 4) is 0 Å². The van der Waals surface area contributed by atoms with Crippen LogP contribution in [0.1, 0.15) is 28.8 Å². The van der Waals surface area contributed by atoms with Crippen LogP contribution in [0.3, 0.4) is 0 Å². The van der Waals surface area contributed by atoms with Crippen LogP contribution in [0, 0.1) is 0 Å². The Morgan fingerprint density at radius 2 is 2.00 bits per heavy atom. The van der Waals surface area contributed by atoms with E-state index in [0.29, 0.717) is 18.7 Å². The molecule has 0 aromatic heterocycles. The molecule has 2 N–H and O–H groups in total. The molecular weight excluding hydrogens is 354 g/mol.